The van der Waals surface area contributed by atoms with Gasteiger partial charge in [-0.05, 0) is 26.8 Å². The molecule has 0 saturated carbocycles. The molecule has 0 aliphatic rings. The second kappa shape index (κ2) is 7.07. The third-order valence-electron chi connectivity index (χ3n) is 3.86. The zero-order valence-corrected chi connectivity index (χ0v) is 15.1. The Balaban J connectivity index is 2.19. The molecule has 2 heterocycles. The van der Waals surface area contributed by atoms with Crippen LogP contribution in [0.1, 0.15) is 37.0 Å². The van der Waals surface area contributed by atoms with Crippen LogP contribution < -0.4 is 0 Å². The number of carbonyl (C=O) groups excluding carboxylic acids is 1. The van der Waals surface area contributed by atoms with Gasteiger partial charge in [-0.25, -0.2) is 0 Å². The van der Waals surface area contributed by atoms with E-state index in [4.69, 9.17) is 11.6 Å². The van der Waals surface area contributed by atoms with E-state index in [2.05, 4.69) is 10.2 Å². The highest BCUT2D eigenvalue weighted by Crippen LogP contribution is 2.36. The molecule has 1 atom stereocenters. The average Bonchev–Trinajstić information content (AvgIpc) is 3.11. The SMILES string of the molecule is CCn1ccc(CN(C)C(=O)C(C)n2nc(C(F)(F)F)c(Cl)c2C)n1. The molecule has 25 heavy (non-hydrogen) atoms. The van der Waals surface area contributed by atoms with Gasteiger partial charge in [0.1, 0.15) is 6.04 Å². The molecule has 0 aliphatic carbocycles. The van der Waals surface area contributed by atoms with Gasteiger partial charge >= 0.3 is 6.18 Å². The maximum atomic E-state index is 12.9. The van der Waals surface area contributed by atoms with E-state index >= 15 is 0 Å². The minimum Gasteiger partial charge on any atom is -0.338 e. The standard InChI is InChI=1S/C15H19ClF3N5O/c1-5-23-7-6-11(20-23)8-22(4)14(25)10(3)24-9(2)12(16)13(21-24)15(17,18)19/h6-7,10H,5,8H2,1-4H3. The topological polar surface area (TPSA) is 56.0 Å². The zero-order valence-electron chi connectivity index (χ0n) is 14.3. The van der Waals surface area contributed by atoms with E-state index in [0.717, 1.165) is 4.68 Å². The molecule has 2 aromatic rings. The molecule has 2 aromatic heterocycles. The van der Waals surface area contributed by atoms with Crippen molar-refractivity contribution in [3.05, 3.63) is 34.4 Å². The molecular weight excluding hydrogens is 359 g/mol. The van der Waals surface area contributed by atoms with E-state index in [1.54, 1.807) is 24.0 Å². The van der Waals surface area contributed by atoms with Gasteiger partial charge in [0, 0.05) is 19.8 Å². The quantitative estimate of drug-likeness (QED) is 0.803. The number of nitrogens with zero attached hydrogens (tertiary/aromatic N) is 5. The molecule has 138 valence electrons. The van der Waals surface area contributed by atoms with Crippen molar-refractivity contribution >= 4 is 17.5 Å². The normalized spacial score (nSPS) is 13.1. The number of likely N-dealkylation sites (N-methyl/N-ethyl adjacent to an activating group) is 1. The molecule has 0 spiro atoms. The average molecular weight is 378 g/mol. The molecular formula is C15H19ClF3N5O. The van der Waals surface area contributed by atoms with E-state index in [0.29, 0.717) is 12.2 Å². The first-order chi connectivity index (χ1) is 11.6. The minimum atomic E-state index is -4.67. The Hall–Kier alpha value is -2.03. The van der Waals surface area contributed by atoms with Crippen molar-refractivity contribution in [3.63, 3.8) is 0 Å². The fraction of sp³-hybridized carbons (Fsp3) is 0.533. The van der Waals surface area contributed by atoms with Crippen LogP contribution in [-0.4, -0.2) is 37.4 Å². The van der Waals surface area contributed by atoms with Crippen LogP contribution in [0, 0.1) is 6.92 Å². The first-order valence-electron chi connectivity index (χ1n) is 7.65. The minimum absolute atomic E-state index is 0.0958. The van der Waals surface area contributed by atoms with Crippen molar-refractivity contribution in [3.8, 4) is 0 Å². The molecule has 1 unspecified atom stereocenters. The summed E-state index contributed by atoms with van der Waals surface area (Å²) >= 11 is 5.73. The molecule has 0 fully saturated rings. The molecule has 0 aromatic carbocycles. The Kier molecular flexibility index (Phi) is 5.46. The number of rotatable bonds is 5. The Morgan fingerprint density at radius 2 is 2.04 bits per heavy atom. The number of halogens is 4. The summed E-state index contributed by atoms with van der Waals surface area (Å²) in [4.78, 5) is 14.0. The molecule has 2 rings (SSSR count). The molecule has 0 aliphatic heterocycles. The summed E-state index contributed by atoms with van der Waals surface area (Å²) < 4.78 is 41.5. The molecule has 0 bridgehead atoms. The lowest BCUT2D eigenvalue weighted by Crippen LogP contribution is -2.33. The predicted molar refractivity (Wildman–Crippen MR) is 86.1 cm³/mol. The van der Waals surface area contributed by atoms with Crippen LogP contribution in [0.4, 0.5) is 13.2 Å². The van der Waals surface area contributed by atoms with Gasteiger partial charge in [0.25, 0.3) is 0 Å². The van der Waals surface area contributed by atoms with Crippen molar-refractivity contribution in [2.24, 2.45) is 0 Å². The Labute approximate surface area is 148 Å². The van der Waals surface area contributed by atoms with E-state index in [1.165, 1.54) is 18.7 Å². The summed E-state index contributed by atoms with van der Waals surface area (Å²) in [6.45, 7) is 5.78. The lowest BCUT2D eigenvalue weighted by molar-refractivity contribution is -0.142. The second-order valence-corrected chi connectivity index (χ2v) is 6.10. The number of hydrogen-bond acceptors (Lipinski definition) is 3. The fourth-order valence-electron chi connectivity index (χ4n) is 2.47. The number of aryl methyl sites for hydroxylation is 1. The van der Waals surface area contributed by atoms with E-state index in [1.807, 2.05) is 6.92 Å². The Morgan fingerprint density at radius 3 is 2.52 bits per heavy atom. The second-order valence-electron chi connectivity index (χ2n) is 5.72. The van der Waals surface area contributed by atoms with Crippen LogP contribution >= 0.6 is 11.6 Å². The van der Waals surface area contributed by atoms with Crippen LogP contribution in [0.15, 0.2) is 12.3 Å². The Morgan fingerprint density at radius 1 is 1.40 bits per heavy atom. The van der Waals surface area contributed by atoms with Gasteiger partial charge in [0.2, 0.25) is 5.91 Å². The number of carbonyl (C=O) groups is 1. The first kappa shape index (κ1) is 19.3. The van der Waals surface area contributed by atoms with Crippen molar-refractivity contribution in [2.75, 3.05) is 7.05 Å². The van der Waals surface area contributed by atoms with Crippen LogP contribution in [-0.2, 0) is 24.1 Å². The van der Waals surface area contributed by atoms with Gasteiger partial charge in [-0.3, -0.25) is 14.2 Å². The number of hydrogen-bond donors (Lipinski definition) is 0. The van der Waals surface area contributed by atoms with Crippen LogP contribution in [0.3, 0.4) is 0 Å². The highest BCUT2D eigenvalue weighted by atomic mass is 35.5. The third kappa shape index (κ3) is 3.97. The maximum Gasteiger partial charge on any atom is 0.436 e. The van der Waals surface area contributed by atoms with Crippen molar-refractivity contribution in [2.45, 2.75) is 46.1 Å². The summed E-state index contributed by atoms with van der Waals surface area (Å²) in [7, 11) is 1.56. The smallest absolute Gasteiger partial charge is 0.338 e. The largest absolute Gasteiger partial charge is 0.436 e. The summed E-state index contributed by atoms with van der Waals surface area (Å²) in [5.41, 5.74) is -0.398. The monoisotopic (exact) mass is 377 g/mol. The van der Waals surface area contributed by atoms with Gasteiger partial charge in [0.05, 0.1) is 23.0 Å². The first-order valence-corrected chi connectivity index (χ1v) is 8.03. The third-order valence-corrected chi connectivity index (χ3v) is 4.32. The van der Waals surface area contributed by atoms with Gasteiger partial charge in [-0.15, -0.1) is 0 Å². The van der Waals surface area contributed by atoms with Crippen molar-refractivity contribution < 1.29 is 18.0 Å². The van der Waals surface area contributed by atoms with Gasteiger partial charge < -0.3 is 4.90 Å². The van der Waals surface area contributed by atoms with Crippen LogP contribution in [0.25, 0.3) is 0 Å². The Bertz CT molecular complexity index is 768. The lowest BCUT2D eigenvalue weighted by atomic mass is 10.2. The van der Waals surface area contributed by atoms with E-state index in [9.17, 15) is 18.0 Å². The molecule has 10 heteroatoms. The van der Waals surface area contributed by atoms with E-state index in [-0.39, 0.29) is 18.1 Å². The van der Waals surface area contributed by atoms with Crippen molar-refractivity contribution in [1.82, 2.24) is 24.5 Å². The molecule has 0 N–H and O–H groups in total. The van der Waals surface area contributed by atoms with Crippen LogP contribution in [0.5, 0.6) is 0 Å². The lowest BCUT2D eigenvalue weighted by Gasteiger charge is -2.21. The van der Waals surface area contributed by atoms with Crippen LogP contribution in [0.2, 0.25) is 5.02 Å². The summed E-state index contributed by atoms with van der Waals surface area (Å²) in [6.07, 6.45) is -2.88. The number of amides is 1. The molecule has 1 amide bonds. The van der Waals surface area contributed by atoms with Crippen molar-refractivity contribution in [1.29, 1.82) is 0 Å². The zero-order chi connectivity index (χ0) is 18.9. The number of aromatic nitrogens is 4. The van der Waals surface area contributed by atoms with Gasteiger partial charge in [-0.2, -0.15) is 23.4 Å². The summed E-state index contributed by atoms with van der Waals surface area (Å²) in [5.74, 6) is -0.387. The molecule has 0 radical (unpaired) electrons. The van der Waals surface area contributed by atoms with Gasteiger partial charge in [-0.1, -0.05) is 11.6 Å². The fourth-order valence-corrected chi connectivity index (χ4v) is 2.70. The van der Waals surface area contributed by atoms with Gasteiger partial charge in [0.15, 0.2) is 5.69 Å². The molecule has 0 saturated heterocycles. The highest BCUT2D eigenvalue weighted by Gasteiger charge is 2.39. The van der Waals surface area contributed by atoms with E-state index < -0.39 is 22.9 Å². The maximum absolute atomic E-state index is 12.9. The number of alkyl halides is 3. The summed E-state index contributed by atoms with van der Waals surface area (Å²) in [6, 6.07) is 0.863. The highest BCUT2D eigenvalue weighted by molar-refractivity contribution is 6.32. The summed E-state index contributed by atoms with van der Waals surface area (Å²) in [5, 5.41) is 7.29. The molecule has 6 nitrogen and oxygen atoms in total. The predicted octanol–water partition coefficient (Wildman–Crippen LogP) is 3.30.